The third-order valence-electron chi connectivity index (χ3n) is 2.07. The Morgan fingerprint density at radius 3 is 2.47 bits per heavy atom. The largest absolute Gasteiger partial charge is 1.00 e. The molecule has 1 rings (SSSR count). The number of benzene rings is 1. The van der Waals surface area contributed by atoms with Gasteiger partial charge >= 0.3 is 58.4 Å². The molecule has 0 aromatic heterocycles. The van der Waals surface area contributed by atoms with Crippen LogP contribution in [0, 0.1) is 11.3 Å². The number of rotatable bonds is 4. The minimum atomic E-state index is -4.98. The molecule has 0 saturated carbocycles. The van der Waals surface area contributed by atoms with Crippen LogP contribution in [0.25, 0.3) is 6.08 Å². The minimum Gasteiger partial charge on any atom is -0.445 e. The van der Waals surface area contributed by atoms with Crippen molar-refractivity contribution < 1.29 is 64.3 Å². The van der Waals surface area contributed by atoms with Crippen molar-refractivity contribution in [3.05, 3.63) is 35.9 Å². The van der Waals surface area contributed by atoms with E-state index in [1.54, 1.807) is 12.1 Å². The molecule has 0 aliphatic carbocycles. The summed E-state index contributed by atoms with van der Waals surface area (Å²) < 4.78 is 37.8. The van der Waals surface area contributed by atoms with Crippen molar-refractivity contribution in [2.45, 2.75) is 12.8 Å². The summed E-state index contributed by atoms with van der Waals surface area (Å²) in [5.41, 5.74) is -0.427. The van der Waals surface area contributed by atoms with E-state index in [1.165, 1.54) is 18.2 Å². The maximum atomic E-state index is 12.6. The summed E-state index contributed by atoms with van der Waals surface area (Å²) in [7, 11) is 0. The molecule has 84 valence electrons. The Bertz CT molecular complexity index is 423. The third kappa shape index (κ3) is 5.89. The zero-order chi connectivity index (χ0) is 12.0. The predicted molar refractivity (Wildman–Crippen MR) is 59.0 cm³/mol. The molecule has 0 bridgehead atoms. The van der Waals surface area contributed by atoms with Gasteiger partial charge in [0.2, 0.25) is 0 Å². The topological polar surface area (TPSA) is 23.8 Å². The summed E-state index contributed by atoms with van der Waals surface area (Å²) in [6.45, 7) is -4.98. The van der Waals surface area contributed by atoms with E-state index in [1.807, 2.05) is 6.07 Å². The molecular formula is C11H10BF3KN. The first-order valence-electron chi connectivity index (χ1n) is 4.88. The van der Waals surface area contributed by atoms with Gasteiger partial charge in [0, 0.05) is 6.42 Å². The Balaban J connectivity index is 0.00000256. The molecule has 6 heteroatoms. The van der Waals surface area contributed by atoms with Crippen LogP contribution in [0.3, 0.4) is 0 Å². The molecule has 17 heavy (non-hydrogen) atoms. The fourth-order valence-corrected chi connectivity index (χ4v) is 1.32. The van der Waals surface area contributed by atoms with Crippen LogP contribution in [0.1, 0.15) is 18.4 Å². The number of hydrogen-bond donors (Lipinski definition) is 0. The first-order valence-corrected chi connectivity index (χ1v) is 4.88. The van der Waals surface area contributed by atoms with Crippen LogP contribution in [-0.2, 0) is 0 Å². The van der Waals surface area contributed by atoms with Crippen LogP contribution in [-0.4, -0.2) is 6.98 Å². The first-order chi connectivity index (χ1) is 7.55. The van der Waals surface area contributed by atoms with Gasteiger partial charge in [0.1, 0.15) is 0 Å². The second-order valence-electron chi connectivity index (χ2n) is 3.30. The number of hydrogen-bond acceptors (Lipinski definition) is 1. The molecule has 0 heterocycles. The molecule has 0 spiro atoms. The second-order valence-corrected chi connectivity index (χ2v) is 3.30. The number of halogens is 3. The van der Waals surface area contributed by atoms with Crippen LogP contribution in [0.2, 0.25) is 0 Å². The van der Waals surface area contributed by atoms with Gasteiger partial charge in [-0.1, -0.05) is 42.0 Å². The monoisotopic (exact) mass is 263 g/mol. The van der Waals surface area contributed by atoms with Gasteiger partial charge in [-0.15, -0.1) is 5.46 Å². The Kier molecular flexibility index (Phi) is 8.09. The van der Waals surface area contributed by atoms with Crippen molar-refractivity contribution in [1.29, 1.82) is 5.26 Å². The molecule has 0 atom stereocenters. The summed E-state index contributed by atoms with van der Waals surface area (Å²) in [4.78, 5) is 0. The molecule has 0 amide bonds. The van der Waals surface area contributed by atoms with Gasteiger partial charge in [0.15, 0.2) is 0 Å². The number of unbranched alkanes of at least 4 members (excludes halogenated alkanes) is 1. The Hall–Kier alpha value is -0.0587. The Morgan fingerprint density at radius 2 is 1.88 bits per heavy atom. The fraction of sp³-hybridized carbons (Fsp3) is 0.182. The van der Waals surface area contributed by atoms with Crippen LogP contribution >= 0.6 is 0 Å². The predicted octanol–water partition coefficient (Wildman–Crippen LogP) is 0.0620. The van der Waals surface area contributed by atoms with Crippen molar-refractivity contribution in [2.75, 3.05) is 0 Å². The average molecular weight is 263 g/mol. The summed E-state index contributed by atoms with van der Waals surface area (Å²) in [5, 5.41) is 8.29. The van der Waals surface area contributed by atoms with Crippen LogP contribution in [0.15, 0.2) is 30.3 Å². The van der Waals surface area contributed by atoms with Gasteiger partial charge in [-0.3, -0.25) is 0 Å². The standard InChI is InChI=1S/C11H10BF3N.K/c13-12(14,15)11-8-4-3-7-10(11)6-2-1-5-9-16;/h2-4,6-8H,1,5H2;/q-1;+1/b6-2-;. The molecular weight excluding hydrogens is 253 g/mol. The third-order valence-corrected chi connectivity index (χ3v) is 2.07. The number of nitriles is 1. The minimum absolute atomic E-state index is 0. The fourth-order valence-electron chi connectivity index (χ4n) is 1.32. The van der Waals surface area contributed by atoms with Gasteiger partial charge in [0.05, 0.1) is 6.07 Å². The van der Waals surface area contributed by atoms with E-state index in [4.69, 9.17) is 5.26 Å². The molecule has 1 aromatic rings. The molecule has 0 radical (unpaired) electrons. The Morgan fingerprint density at radius 1 is 1.24 bits per heavy atom. The summed E-state index contributed by atoms with van der Waals surface area (Å²) in [5.74, 6) is 0. The van der Waals surface area contributed by atoms with Gasteiger partial charge in [-0.05, 0) is 6.42 Å². The van der Waals surface area contributed by atoms with Crippen LogP contribution in [0.4, 0.5) is 12.9 Å². The summed E-state index contributed by atoms with van der Waals surface area (Å²) in [6, 6.07) is 7.36. The van der Waals surface area contributed by atoms with Crippen molar-refractivity contribution >= 4 is 18.5 Å². The normalized spacial score (nSPS) is 10.9. The molecule has 1 aromatic carbocycles. The average Bonchev–Trinajstić information content (AvgIpc) is 2.24. The number of nitrogens with zero attached hydrogens (tertiary/aromatic N) is 1. The van der Waals surface area contributed by atoms with Crippen molar-refractivity contribution in [3.63, 3.8) is 0 Å². The molecule has 0 aliphatic rings. The zero-order valence-corrected chi connectivity index (χ0v) is 12.7. The van der Waals surface area contributed by atoms with Gasteiger partial charge < -0.3 is 12.9 Å². The summed E-state index contributed by atoms with van der Waals surface area (Å²) in [6.07, 6.45) is 3.79. The van der Waals surface area contributed by atoms with Crippen molar-refractivity contribution in [3.8, 4) is 6.07 Å². The summed E-state index contributed by atoms with van der Waals surface area (Å²) >= 11 is 0. The van der Waals surface area contributed by atoms with Gasteiger partial charge in [-0.2, -0.15) is 5.26 Å². The van der Waals surface area contributed by atoms with E-state index >= 15 is 0 Å². The molecule has 0 aliphatic heterocycles. The Labute approximate surface area is 141 Å². The maximum Gasteiger partial charge on any atom is 1.00 e. The van der Waals surface area contributed by atoms with Gasteiger partial charge in [0.25, 0.3) is 0 Å². The quantitative estimate of drug-likeness (QED) is 0.557. The molecule has 0 fully saturated rings. The van der Waals surface area contributed by atoms with E-state index in [-0.39, 0.29) is 56.9 Å². The van der Waals surface area contributed by atoms with E-state index in [2.05, 4.69) is 0 Å². The molecule has 1 nitrogen and oxygen atoms in total. The maximum absolute atomic E-state index is 12.6. The van der Waals surface area contributed by atoms with Crippen molar-refractivity contribution in [2.24, 2.45) is 0 Å². The van der Waals surface area contributed by atoms with Gasteiger partial charge in [-0.25, -0.2) is 0 Å². The van der Waals surface area contributed by atoms with E-state index in [9.17, 15) is 12.9 Å². The van der Waals surface area contributed by atoms with E-state index < -0.39 is 12.4 Å². The van der Waals surface area contributed by atoms with Crippen molar-refractivity contribution in [1.82, 2.24) is 0 Å². The van der Waals surface area contributed by atoms with E-state index in [0.29, 0.717) is 12.8 Å². The first kappa shape index (κ1) is 16.9. The van der Waals surface area contributed by atoms with E-state index in [0.717, 1.165) is 6.07 Å². The molecule has 0 saturated heterocycles. The number of allylic oxidation sites excluding steroid dienone is 1. The smallest absolute Gasteiger partial charge is 0.445 e. The second kappa shape index (κ2) is 8.12. The molecule has 0 N–H and O–H groups in total. The SMILES string of the molecule is N#CCC/C=C\c1ccccc1[B-](F)(F)F.[K+]. The molecule has 0 unspecified atom stereocenters. The zero-order valence-electron chi connectivity index (χ0n) is 9.54. The van der Waals surface area contributed by atoms with Crippen LogP contribution in [0.5, 0.6) is 0 Å². The van der Waals surface area contributed by atoms with Crippen LogP contribution < -0.4 is 56.8 Å².